The summed E-state index contributed by atoms with van der Waals surface area (Å²) >= 11 is 0. The van der Waals surface area contributed by atoms with Crippen LogP contribution in [0.2, 0.25) is 0 Å². The van der Waals surface area contributed by atoms with Crippen molar-refractivity contribution in [2.75, 3.05) is 44.7 Å². The summed E-state index contributed by atoms with van der Waals surface area (Å²) in [5.74, 6) is 0.825. The molecule has 0 radical (unpaired) electrons. The quantitative estimate of drug-likeness (QED) is 0.500. The summed E-state index contributed by atoms with van der Waals surface area (Å²) in [6.07, 6.45) is 2.31. The first-order valence-electron chi connectivity index (χ1n) is 10.3. The zero-order chi connectivity index (χ0) is 21.6. The Morgan fingerprint density at radius 2 is 1.65 bits per heavy atom. The van der Waals surface area contributed by atoms with Gasteiger partial charge in [0.05, 0.1) is 5.69 Å². The fourth-order valence-corrected chi connectivity index (χ4v) is 3.61. The smallest absolute Gasteiger partial charge is 0.226 e. The Labute approximate surface area is 180 Å². The van der Waals surface area contributed by atoms with Crippen LogP contribution in [-0.4, -0.2) is 55.6 Å². The lowest BCUT2D eigenvalue weighted by Gasteiger charge is -2.37. The minimum Gasteiger partial charge on any atom is -0.444 e. The van der Waals surface area contributed by atoms with Gasteiger partial charge in [-0.05, 0) is 48.5 Å². The lowest BCUT2D eigenvalue weighted by molar-refractivity contribution is 0.373. The van der Waals surface area contributed by atoms with Crippen molar-refractivity contribution in [3.05, 3.63) is 72.1 Å². The van der Waals surface area contributed by atoms with Crippen molar-refractivity contribution in [3.63, 3.8) is 0 Å². The molecule has 2 heterocycles. The maximum Gasteiger partial charge on any atom is 0.226 e. The molecule has 1 aliphatic heterocycles. The van der Waals surface area contributed by atoms with Gasteiger partial charge in [-0.3, -0.25) is 4.99 Å². The number of aromatic nitrogens is 1. The highest BCUT2D eigenvalue weighted by Crippen LogP contribution is 2.19. The summed E-state index contributed by atoms with van der Waals surface area (Å²) in [5.41, 5.74) is 2.60. The normalized spacial score (nSPS) is 14.7. The molecule has 1 aromatic heterocycles. The third-order valence-corrected chi connectivity index (χ3v) is 5.29. The van der Waals surface area contributed by atoms with Crippen LogP contribution in [-0.2, 0) is 6.42 Å². The van der Waals surface area contributed by atoms with E-state index in [2.05, 4.69) is 25.1 Å². The molecule has 4 rings (SSSR count). The van der Waals surface area contributed by atoms with E-state index in [1.165, 1.54) is 24.3 Å². The number of nitrogens with one attached hydrogen (secondary N) is 1. The minimum absolute atomic E-state index is 0.219. The Morgan fingerprint density at radius 1 is 1.00 bits per heavy atom. The second-order valence-corrected chi connectivity index (χ2v) is 7.33. The number of anilines is 1. The number of hydrogen-bond donors (Lipinski definition) is 1. The fraction of sp³-hybridized carbons (Fsp3) is 0.304. The number of rotatable bonds is 5. The van der Waals surface area contributed by atoms with Crippen LogP contribution < -0.4 is 10.2 Å². The number of benzene rings is 2. The average molecular weight is 425 g/mol. The Hall–Kier alpha value is -3.42. The molecule has 1 fully saturated rings. The second kappa shape index (κ2) is 9.59. The van der Waals surface area contributed by atoms with Gasteiger partial charge in [0.15, 0.2) is 5.96 Å². The van der Waals surface area contributed by atoms with Crippen molar-refractivity contribution in [2.45, 2.75) is 6.42 Å². The average Bonchev–Trinajstić information content (AvgIpc) is 3.27. The van der Waals surface area contributed by atoms with Crippen LogP contribution in [0.5, 0.6) is 0 Å². The number of hydrogen-bond acceptors (Lipinski definition) is 4. The molecule has 0 spiro atoms. The zero-order valence-corrected chi connectivity index (χ0v) is 17.4. The Morgan fingerprint density at radius 3 is 2.29 bits per heavy atom. The van der Waals surface area contributed by atoms with Crippen LogP contribution in [0.1, 0.15) is 5.69 Å². The van der Waals surface area contributed by atoms with Crippen LogP contribution in [0.25, 0.3) is 11.5 Å². The van der Waals surface area contributed by atoms with E-state index in [0.717, 1.165) is 49.1 Å². The van der Waals surface area contributed by atoms with E-state index in [9.17, 15) is 8.78 Å². The molecule has 0 bridgehead atoms. The van der Waals surface area contributed by atoms with E-state index in [1.54, 1.807) is 25.4 Å². The van der Waals surface area contributed by atoms with Gasteiger partial charge in [0.1, 0.15) is 17.9 Å². The van der Waals surface area contributed by atoms with Gasteiger partial charge in [0, 0.05) is 57.4 Å². The highest BCUT2D eigenvalue weighted by Gasteiger charge is 2.20. The van der Waals surface area contributed by atoms with Crippen molar-refractivity contribution in [1.82, 2.24) is 15.2 Å². The predicted molar refractivity (Wildman–Crippen MR) is 117 cm³/mol. The summed E-state index contributed by atoms with van der Waals surface area (Å²) in [7, 11) is 1.78. The topological polar surface area (TPSA) is 56.9 Å². The standard InChI is InChI=1S/C23H25F2N5O/c1-26-23(30-14-12-29(13-15-30)21-8-6-19(25)7-9-21)27-11-10-20-16-31-22(28-20)17-2-4-18(24)5-3-17/h2-9,16H,10-15H2,1H3,(H,26,27). The minimum atomic E-state index is -0.287. The Bertz CT molecular complexity index is 1010. The highest BCUT2D eigenvalue weighted by molar-refractivity contribution is 5.80. The lowest BCUT2D eigenvalue weighted by Crippen LogP contribution is -2.52. The van der Waals surface area contributed by atoms with Crippen LogP contribution in [0.4, 0.5) is 14.5 Å². The molecular formula is C23H25F2N5O. The molecule has 0 aliphatic carbocycles. The molecule has 1 saturated heterocycles. The van der Waals surface area contributed by atoms with E-state index in [0.29, 0.717) is 18.9 Å². The number of piperazine rings is 1. The molecule has 0 amide bonds. The Kier molecular flexibility index (Phi) is 6.45. The molecule has 0 unspecified atom stereocenters. The third-order valence-electron chi connectivity index (χ3n) is 5.29. The second-order valence-electron chi connectivity index (χ2n) is 7.33. The first-order valence-corrected chi connectivity index (χ1v) is 10.3. The van der Waals surface area contributed by atoms with Gasteiger partial charge in [0.2, 0.25) is 5.89 Å². The molecule has 162 valence electrons. The molecule has 1 aliphatic rings. The Balaban J connectivity index is 1.26. The maximum atomic E-state index is 13.1. The molecule has 0 saturated carbocycles. The van der Waals surface area contributed by atoms with Gasteiger partial charge in [-0.1, -0.05) is 0 Å². The van der Waals surface area contributed by atoms with Crippen molar-refractivity contribution in [3.8, 4) is 11.5 Å². The summed E-state index contributed by atoms with van der Waals surface area (Å²) in [6, 6.07) is 12.7. The maximum absolute atomic E-state index is 13.1. The zero-order valence-electron chi connectivity index (χ0n) is 17.4. The van der Waals surface area contributed by atoms with Gasteiger partial charge >= 0.3 is 0 Å². The third kappa shape index (κ3) is 5.20. The summed E-state index contributed by atoms with van der Waals surface area (Å²) < 4.78 is 31.7. The number of guanidine groups is 1. The van der Waals surface area contributed by atoms with E-state index in [4.69, 9.17) is 4.42 Å². The van der Waals surface area contributed by atoms with Crippen LogP contribution in [0.3, 0.4) is 0 Å². The van der Waals surface area contributed by atoms with Crippen LogP contribution in [0.15, 0.2) is 64.2 Å². The number of aliphatic imine (C=N–C) groups is 1. The van der Waals surface area contributed by atoms with Crippen molar-refractivity contribution in [2.24, 2.45) is 4.99 Å². The largest absolute Gasteiger partial charge is 0.444 e. The van der Waals surface area contributed by atoms with E-state index < -0.39 is 0 Å². The fourth-order valence-electron chi connectivity index (χ4n) is 3.61. The summed E-state index contributed by atoms with van der Waals surface area (Å²) in [6.45, 7) is 4.01. The van der Waals surface area contributed by atoms with Gasteiger partial charge in [-0.15, -0.1) is 0 Å². The number of nitrogens with zero attached hydrogens (tertiary/aromatic N) is 4. The first kappa shape index (κ1) is 20.8. The first-order chi connectivity index (χ1) is 15.1. The van der Waals surface area contributed by atoms with E-state index in [1.807, 2.05) is 12.1 Å². The van der Waals surface area contributed by atoms with E-state index >= 15 is 0 Å². The van der Waals surface area contributed by atoms with Gasteiger partial charge in [0.25, 0.3) is 0 Å². The molecule has 6 nitrogen and oxygen atoms in total. The number of halogens is 2. The molecule has 2 aromatic carbocycles. The van der Waals surface area contributed by atoms with E-state index in [-0.39, 0.29) is 11.6 Å². The van der Waals surface area contributed by atoms with Crippen LogP contribution >= 0.6 is 0 Å². The predicted octanol–water partition coefficient (Wildman–Crippen LogP) is 3.56. The number of oxazole rings is 1. The summed E-state index contributed by atoms with van der Waals surface area (Å²) in [4.78, 5) is 13.3. The van der Waals surface area contributed by atoms with Gasteiger partial charge in [-0.2, -0.15) is 0 Å². The van der Waals surface area contributed by atoms with Gasteiger partial charge < -0.3 is 19.5 Å². The highest BCUT2D eigenvalue weighted by atomic mass is 19.1. The van der Waals surface area contributed by atoms with Crippen molar-refractivity contribution in [1.29, 1.82) is 0 Å². The molecule has 8 heteroatoms. The monoisotopic (exact) mass is 425 g/mol. The molecule has 31 heavy (non-hydrogen) atoms. The van der Waals surface area contributed by atoms with Crippen LogP contribution in [0, 0.1) is 11.6 Å². The summed E-state index contributed by atoms with van der Waals surface area (Å²) in [5, 5.41) is 3.38. The van der Waals surface area contributed by atoms with Crippen molar-refractivity contribution < 1.29 is 13.2 Å². The van der Waals surface area contributed by atoms with Crippen molar-refractivity contribution >= 4 is 11.6 Å². The molecule has 3 aromatic rings. The molecule has 0 atom stereocenters. The van der Waals surface area contributed by atoms with Gasteiger partial charge in [-0.25, -0.2) is 13.8 Å². The molecular weight excluding hydrogens is 400 g/mol. The lowest BCUT2D eigenvalue weighted by atomic mass is 10.2. The SMILES string of the molecule is CN=C(NCCc1coc(-c2ccc(F)cc2)n1)N1CCN(c2ccc(F)cc2)CC1. The molecule has 1 N–H and O–H groups in total.